The van der Waals surface area contributed by atoms with Gasteiger partial charge in [-0.25, -0.2) is 4.39 Å². The van der Waals surface area contributed by atoms with Gasteiger partial charge < -0.3 is 25.8 Å². The van der Waals surface area contributed by atoms with Gasteiger partial charge in [-0.15, -0.1) is 0 Å². The number of carbonyl (C=O) groups excluding carboxylic acids is 4. The van der Waals surface area contributed by atoms with Crippen LogP contribution in [-0.4, -0.2) is 94.4 Å². The molecule has 2 heterocycles. The number of hydrogen-bond acceptors (Lipinski definition) is 6. The molecule has 14 heteroatoms. The number of benzene rings is 1. The van der Waals surface area contributed by atoms with E-state index in [1.54, 1.807) is 13.0 Å². The summed E-state index contributed by atoms with van der Waals surface area (Å²) in [5.41, 5.74) is 0.443. The van der Waals surface area contributed by atoms with Crippen molar-refractivity contribution in [2.75, 3.05) is 38.5 Å². The van der Waals surface area contributed by atoms with Gasteiger partial charge in [0.25, 0.3) is 11.8 Å². The van der Waals surface area contributed by atoms with Crippen molar-refractivity contribution in [1.29, 1.82) is 0 Å². The number of alkyl halides is 2. The lowest BCUT2D eigenvalue weighted by Crippen LogP contribution is -2.57. The van der Waals surface area contributed by atoms with Crippen LogP contribution in [0, 0.1) is 17.7 Å². The van der Waals surface area contributed by atoms with Crippen LogP contribution in [0.5, 0.6) is 0 Å². The van der Waals surface area contributed by atoms with Gasteiger partial charge in [0.1, 0.15) is 23.6 Å². The first-order valence-electron chi connectivity index (χ1n) is 16.3. The van der Waals surface area contributed by atoms with Crippen molar-refractivity contribution in [3.05, 3.63) is 47.5 Å². The van der Waals surface area contributed by atoms with Gasteiger partial charge in [0, 0.05) is 51.8 Å². The van der Waals surface area contributed by atoms with Gasteiger partial charge in [-0.3, -0.25) is 23.9 Å². The summed E-state index contributed by atoms with van der Waals surface area (Å²) in [5.74, 6) is -8.24. The van der Waals surface area contributed by atoms with Gasteiger partial charge in [-0.1, -0.05) is 32.8 Å². The second-order valence-electron chi connectivity index (χ2n) is 13.0. The highest BCUT2D eigenvalue weighted by atomic mass is 19.3. The standard InChI is InChI=1S/C33H46F3N7O4/c1-6-43-26(13-14-37-43)29(44)39-28(22-9-7-20(2)8-10-22)30(45)38-25-12-11-23(19-24(25)34)21(3)27(40-32(47)33(4,35)36)31(46)42-17-15-41(5)16-18-42/h11-14,19-22,27-28H,6-10,15-18H2,1-5H3,(H,38,45)(H,39,44)(H,40,47)/t20?,21-,22?,27+,28-/m0/s1. The minimum atomic E-state index is -3.72. The Morgan fingerprint density at radius 3 is 2.28 bits per heavy atom. The Hall–Kier alpha value is -3.94. The number of aromatic nitrogens is 2. The van der Waals surface area contributed by atoms with Crippen molar-refractivity contribution in [2.45, 2.75) is 83.8 Å². The number of carbonyl (C=O) groups is 4. The minimum absolute atomic E-state index is 0.140. The molecule has 3 N–H and O–H groups in total. The molecule has 2 fully saturated rings. The molecule has 3 atom stereocenters. The zero-order valence-corrected chi connectivity index (χ0v) is 27.7. The predicted octanol–water partition coefficient (Wildman–Crippen LogP) is 3.62. The third-order valence-electron chi connectivity index (χ3n) is 9.39. The topological polar surface area (TPSA) is 129 Å². The molecular formula is C33H46F3N7O4. The normalized spacial score (nSPS) is 21.0. The van der Waals surface area contributed by atoms with E-state index in [9.17, 15) is 28.0 Å². The molecule has 1 saturated carbocycles. The molecule has 1 aliphatic heterocycles. The average Bonchev–Trinajstić information content (AvgIpc) is 3.52. The molecule has 1 aromatic carbocycles. The van der Waals surface area contributed by atoms with Crippen LogP contribution in [0.1, 0.15) is 75.3 Å². The van der Waals surface area contributed by atoms with Crippen LogP contribution >= 0.6 is 0 Å². The van der Waals surface area contributed by atoms with Gasteiger partial charge in [0.15, 0.2) is 0 Å². The van der Waals surface area contributed by atoms with Gasteiger partial charge in [-0.2, -0.15) is 13.9 Å². The van der Waals surface area contributed by atoms with Crippen LogP contribution in [0.25, 0.3) is 0 Å². The molecule has 11 nitrogen and oxygen atoms in total. The average molecular weight is 662 g/mol. The molecule has 1 aromatic heterocycles. The van der Waals surface area contributed by atoms with E-state index in [1.807, 2.05) is 18.9 Å². The van der Waals surface area contributed by atoms with E-state index >= 15 is 4.39 Å². The zero-order valence-electron chi connectivity index (χ0n) is 27.7. The van der Waals surface area contributed by atoms with E-state index < -0.39 is 53.4 Å². The third kappa shape index (κ3) is 8.91. The second kappa shape index (κ2) is 15.3. The Morgan fingerprint density at radius 2 is 1.68 bits per heavy atom. The van der Waals surface area contributed by atoms with Crippen molar-refractivity contribution in [3.8, 4) is 0 Å². The van der Waals surface area contributed by atoms with Crippen LogP contribution in [0.3, 0.4) is 0 Å². The maximum absolute atomic E-state index is 15.6. The second-order valence-corrected chi connectivity index (χ2v) is 13.0. The number of aryl methyl sites for hydroxylation is 1. The SMILES string of the molecule is CCn1nccc1C(=O)N[C@H](C(=O)Nc1ccc([C@H](C)[C@@H](NC(=O)C(C)(F)F)C(=O)N2CCN(C)CC2)cc1F)C1CCC(C)CC1. The van der Waals surface area contributed by atoms with Crippen LogP contribution in [0.2, 0.25) is 0 Å². The van der Waals surface area contributed by atoms with Crippen LogP contribution < -0.4 is 16.0 Å². The van der Waals surface area contributed by atoms with Crippen LogP contribution in [0.4, 0.5) is 18.9 Å². The molecule has 0 radical (unpaired) electrons. The Labute approximate surface area is 273 Å². The number of halogens is 3. The van der Waals surface area contributed by atoms with Crippen molar-refractivity contribution in [2.24, 2.45) is 11.8 Å². The van der Waals surface area contributed by atoms with E-state index in [1.165, 1.54) is 27.9 Å². The number of anilines is 1. The summed E-state index contributed by atoms with van der Waals surface area (Å²) >= 11 is 0. The van der Waals surface area contributed by atoms with E-state index in [2.05, 4.69) is 28.0 Å². The Morgan fingerprint density at radius 1 is 1.02 bits per heavy atom. The molecule has 258 valence electrons. The molecule has 0 unspecified atom stereocenters. The van der Waals surface area contributed by atoms with Crippen molar-refractivity contribution >= 4 is 29.3 Å². The number of nitrogens with one attached hydrogen (secondary N) is 3. The number of amides is 4. The monoisotopic (exact) mass is 661 g/mol. The Balaban J connectivity index is 1.54. The molecule has 0 bridgehead atoms. The lowest BCUT2D eigenvalue weighted by atomic mass is 9.79. The summed E-state index contributed by atoms with van der Waals surface area (Å²) in [7, 11) is 1.90. The lowest BCUT2D eigenvalue weighted by molar-refractivity contribution is -0.148. The molecule has 47 heavy (non-hydrogen) atoms. The van der Waals surface area contributed by atoms with Crippen LogP contribution in [0.15, 0.2) is 30.5 Å². The fourth-order valence-corrected chi connectivity index (χ4v) is 6.22. The van der Waals surface area contributed by atoms with E-state index in [0.717, 1.165) is 31.7 Å². The maximum atomic E-state index is 15.6. The maximum Gasteiger partial charge on any atom is 0.321 e. The summed E-state index contributed by atoms with van der Waals surface area (Å²) in [5, 5.41) is 11.8. The van der Waals surface area contributed by atoms with E-state index in [4.69, 9.17) is 0 Å². The third-order valence-corrected chi connectivity index (χ3v) is 9.39. The number of likely N-dealkylation sites (N-methyl/N-ethyl adjacent to an activating group) is 1. The predicted molar refractivity (Wildman–Crippen MR) is 170 cm³/mol. The first-order chi connectivity index (χ1) is 22.2. The van der Waals surface area contributed by atoms with E-state index in [0.29, 0.717) is 51.3 Å². The highest BCUT2D eigenvalue weighted by Gasteiger charge is 2.40. The quantitative estimate of drug-likeness (QED) is 0.338. The molecule has 1 aliphatic carbocycles. The summed E-state index contributed by atoms with van der Waals surface area (Å²) in [6, 6.07) is 3.21. The molecule has 4 amide bonds. The molecule has 4 rings (SSSR count). The first-order valence-corrected chi connectivity index (χ1v) is 16.3. The Bertz CT molecular complexity index is 1430. The highest BCUT2D eigenvalue weighted by molar-refractivity contribution is 6.00. The number of hydrogen-bond donors (Lipinski definition) is 3. The smallest absolute Gasteiger partial charge is 0.321 e. The van der Waals surface area contributed by atoms with Gasteiger partial charge >= 0.3 is 5.92 Å². The zero-order chi connectivity index (χ0) is 34.5. The first kappa shape index (κ1) is 35.9. The molecule has 2 aliphatic rings. The van der Waals surface area contributed by atoms with Crippen molar-refractivity contribution in [1.82, 2.24) is 30.2 Å². The summed E-state index contributed by atoms with van der Waals surface area (Å²) < 4.78 is 44.9. The number of piperazine rings is 1. The van der Waals surface area contributed by atoms with Gasteiger partial charge in [-0.05, 0) is 62.4 Å². The summed E-state index contributed by atoms with van der Waals surface area (Å²) in [6.07, 6.45) is 4.74. The van der Waals surface area contributed by atoms with Crippen molar-refractivity contribution < 1.29 is 32.3 Å². The molecule has 1 saturated heterocycles. The highest BCUT2D eigenvalue weighted by Crippen LogP contribution is 2.32. The van der Waals surface area contributed by atoms with Gasteiger partial charge in [0.05, 0.1) is 5.69 Å². The van der Waals surface area contributed by atoms with Crippen molar-refractivity contribution in [3.63, 3.8) is 0 Å². The largest absolute Gasteiger partial charge is 0.339 e. The lowest BCUT2D eigenvalue weighted by Gasteiger charge is -2.36. The molecular weight excluding hydrogens is 615 g/mol. The van der Waals surface area contributed by atoms with Gasteiger partial charge in [0.2, 0.25) is 11.8 Å². The van der Waals surface area contributed by atoms with E-state index in [-0.39, 0.29) is 17.2 Å². The minimum Gasteiger partial charge on any atom is -0.339 e. The fourth-order valence-electron chi connectivity index (χ4n) is 6.22. The summed E-state index contributed by atoms with van der Waals surface area (Å²) in [4.78, 5) is 56.2. The summed E-state index contributed by atoms with van der Waals surface area (Å²) in [6.45, 7) is 8.33. The number of nitrogens with zero attached hydrogens (tertiary/aromatic N) is 4. The van der Waals surface area contributed by atoms with Crippen LogP contribution in [-0.2, 0) is 20.9 Å². The number of rotatable bonds is 11. The Kier molecular flexibility index (Phi) is 11.7. The molecule has 2 aromatic rings. The fraction of sp³-hybridized carbons (Fsp3) is 0.606. The molecule has 0 spiro atoms.